The van der Waals surface area contributed by atoms with E-state index in [1.165, 1.54) is 0 Å². The van der Waals surface area contributed by atoms with Crippen molar-refractivity contribution >= 4 is 50.8 Å². The van der Waals surface area contributed by atoms with Crippen LogP contribution in [0.25, 0.3) is 10.8 Å². The molecular formula is C28H38ClN5O3S. The molecule has 0 heterocycles. The van der Waals surface area contributed by atoms with Gasteiger partial charge < -0.3 is 16.8 Å². The minimum absolute atomic E-state index is 0. The monoisotopic (exact) mass is 559 g/mol. The number of hydrogen-bond acceptors (Lipinski definition) is 4. The molecule has 0 aliphatic rings. The van der Waals surface area contributed by atoms with E-state index >= 15 is 0 Å². The third kappa shape index (κ3) is 7.61. The number of sulfonamides is 1. The van der Waals surface area contributed by atoms with Crippen LogP contribution in [0, 0.1) is 0 Å². The smallest absolute Gasteiger partial charge is 0.261 e. The van der Waals surface area contributed by atoms with Crippen molar-refractivity contribution in [1.82, 2.24) is 5.32 Å². The van der Waals surface area contributed by atoms with Gasteiger partial charge in [0.1, 0.15) is 0 Å². The summed E-state index contributed by atoms with van der Waals surface area (Å²) in [4.78, 5) is 17.1. The SMILES string of the molecule is CC(C)(C)c1cc(C(C)(C)C)cc(S(=O)(=O)Nc2cc3ccccc3cc2C(=O)NCCN=C(N)N)c1.Cl. The van der Waals surface area contributed by atoms with Crippen molar-refractivity contribution in [2.45, 2.75) is 57.3 Å². The third-order valence-electron chi connectivity index (χ3n) is 6.02. The summed E-state index contributed by atoms with van der Waals surface area (Å²) in [6.07, 6.45) is 0. The number of halogens is 1. The van der Waals surface area contributed by atoms with Crippen LogP contribution in [-0.4, -0.2) is 33.4 Å². The summed E-state index contributed by atoms with van der Waals surface area (Å²) < 4.78 is 30.1. The Bertz CT molecular complexity index is 1420. The number of nitrogens with zero attached hydrogens (tertiary/aromatic N) is 1. The molecule has 0 spiro atoms. The molecule has 10 heteroatoms. The lowest BCUT2D eigenvalue weighted by atomic mass is 9.81. The van der Waals surface area contributed by atoms with Crippen LogP contribution in [0.1, 0.15) is 63.0 Å². The first kappa shape index (κ1) is 30.9. The molecule has 0 saturated carbocycles. The molecule has 3 aromatic carbocycles. The summed E-state index contributed by atoms with van der Waals surface area (Å²) in [6.45, 7) is 12.7. The fourth-order valence-electron chi connectivity index (χ4n) is 3.79. The van der Waals surface area contributed by atoms with E-state index < -0.39 is 15.9 Å². The first-order valence-corrected chi connectivity index (χ1v) is 13.6. The molecule has 3 rings (SSSR count). The lowest BCUT2D eigenvalue weighted by molar-refractivity contribution is 0.0956. The maximum absolute atomic E-state index is 13.7. The van der Waals surface area contributed by atoms with Crippen LogP contribution in [0.5, 0.6) is 0 Å². The van der Waals surface area contributed by atoms with Crippen LogP contribution >= 0.6 is 12.4 Å². The summed E-state index contributed by atoms with van der Waals surface area (Å²) >= 11 is 0. The third-order valence-corrected chi connectivity index (χ3v) is 7.36. The van der Waals surface area contributed by atoms with E-state index in [0.29, 0.717) is 0 Å². The van der Waals surface area contributed by atoms with Crippen molar-refractivity contribution in [2.24, 2.45) is 16.5 Å². The van der Waals surface area contributed by atoms with Crippen LogP contribution in [0.2, 0.25) is 0 Å². The number of hydrogen-bond donors (Lipinski definition) is 4. The molecule has 3 aromatic rings. The van der Waals surface area contributed by atoms with E-state index in [-0.39, 0.29) is 58.4 Å². The van der Waals surface area contributed by atoms with E-state index in [0.717, 1.165) is 21.9 Å². The number of carbonyl (C=O) groups excluding carboxylic acids is 1. The van der Waals surface area contributed by atoms with Gasteiger partial charge in [-0.05, 0) is 57.0 Å². The van der Waals surface area contributed by atoms with Gasteiger partial charge in [0.05, 0.1) is 22.7 Å². The Morgan fingerprint density at radius 3 is 1.89 bits per heavy atom. The minimum atomic E-state index is -4.02. The number of anilines is 1. The predicted octanol–water partition coefficient (Wildman–Crippen LogP) is 4.66. The number of nitrogens with one attached hydrogen (secondary N) is 2. The van der Waals surface area contributed by atoms with Gasteiger partial charge in [-0.1, -0.05) is 71.9 Å². The largest absolute Gasteiger partial charge is 0.370 e. The summed E-state index contributed by atoms with van der Waals surface area (Å²) in [5, 5.41) is 4.36. The van der Waals surface area contributed by atoms with Gasteiger partial charge in [-0.15, -0.1) is 12.4 Å². The molecule has 0 atom stereocenters. The van der Waals surface area contributed by atoms with Gasteiger partial charge >= 0.3 is 0 Å². The van der Waals surface area contributed by atoms with Crippen LogP contribution in [0.4, 0.5) is 5.69 Å². The number of nitrogens with two attached hydrogens (primary N) is 2. The molecule has 6 N–H and O–H groups in total. The normalized spacial score (nSPS) is 11.9. The lowest BCUT2D eigenvalue weighted by Gasteiger charge is -2.26. The number of guanidine groups is 1. The average molecular weight is 560 g/mol. The molecule has 206 valence electrons. The first-order valence-electron chi connectivity index (χ1n) is 12.1. The van der Waals surface area contributed by atoms with Gasteiger partial charge in [0, 0.05) is 6.54 Å². The van der Waals surface area contributed by atoms with Gasteiger partial charge in [0.25, 0.3) is 15.9 Å². The van der Waals surface area contributed by atoms with Gasteiger partial charge in [0.15, 0.2) is 5.96 Å². The van der Waals surface area contributed by atoms with Gasteiger partial charge in [-0.25, -0.2) is 8.42 Å². The molecule has 0 fully saturated rings. The quantitative estimate of drug-likeness (QED) is 0.189. The fourth-order valence-corrected chi connectivity index (χ4v) is 4.93. The molecule has 0 aromatic heterocycles. The molecule has 0 radical (unpaired) electrons. The Morgan fingerprint density at radius 2 is 1.39 bits per heavy atom. The summed E-state index contributed by atoms with van der Waals surface area (Å²) in [7, 11) is -4.02. The number of fused-ring (bicyclic) bond motifs is 1. The van der Waals surface area contributed by atoms with Crippen molar-refractivity contribution in [3.8, 4) is 0 Å². The molecule has 0 unspecified atom stereocenters. The maximum Gasteiger partial charge on any atom is 0.261 e. The van der Waals surface area contributed by atoms with Crippen molar-refractivity contribution in [3.63, 3.8) is 0 Å². The fraction of sp³-hybridized carbons (Fsp3) is 0.357. The highest BCUT2D eigenvalue weighted by atomic mass is 35.5. The highest BCUT2D eigenvalue weighted by Crippen LogP contribution is 2.33. The molecule has 0 saturated heterocycles. The number of benzene rings is 3. The summed E-state index contributed by atoms with van der Waals surface area (Å²) in [5.41, 5.74) is 12.4. The van der Waals surface area contributed by atoms with Crippen molar-refractivity contribution in [1.29, 1.82) is 0 Å². The molecule has 0 bridgehead atoms. The van der Waals surface area contributed by atoms with Crippen LogP contribution < -0.4 is 21.5 Å². The zero-order valence-corrected chi connectivity index (χ0v) is 24.4. The standard InChI is InChI=1S/C28H37N5O3S.ClH/c1-27(2,3)20-15-21(28(4,5)6)17-22(16-20)37(35,36)33-24-14-19-10-8-7-9-18(19)13-23(24)25(34)31-11-12-32-26(29)30;/h7-10,13-17,33H,11-12H2,1-6H3,(H,31,34)(H4,29,30,32);1H. The van der Waals surface area contributed by atoms with Gasteiger partial charge in [0.2, 0.25) is 0 Å². The predicted molar refractivity (Wildman–Crippen MR) is 159 cm³/mol. The second-order valence-electron chi connectivity index (χ2n) is 11.2. The molecule has 0 aliphatic carbocycles. The zero-order chi connectivity index (χ0) is 27.6. The van der Waals surface area contributed by atoms with E-state index in [4.69, 9.17) is 11.5 Å². The van der Waals surface area contributed by atoms with E-state index in [1.807, 2.05) is 65.8 Å². The van der Waals surface area contributed by atoms with E-state index in [1.54, 1.807) is 24.3 Å². The topological polar surface area (TPSA) is 140 Å². The molecular weight excluding hydrogens is 522 g/mol. The van der Waals surface area contributed by atoms with E-state index in [9.17, 15) is 13.2 Å². The Hall–Kier alpha value is -3.30. The summed E-state index contributed by atoms with van der Waals surface area (Å²) in [6, 6.07) is 16.3. The first-order chi connectivity index (χ1) is 17.1. The van der Waals surface area contributed by atoms with Crippen LogP contribution in [0.3, 0.4) is 0 Å². The molecule has 8 nitrogen and oxygen atoms in total. The highest BCUT2D eigenvalue weighted by Gasteiger charge is 2.26. The van der Waals surface area contributed by atoms with E-state index in [2.05, 4.69) is 21.1 Å². The highest BCUT2D eigenvalue weighted by molar-refractivity contribution is 7.92. The maximum atomic E-state index is 13.7. The minimum Gasteiger partial charge on any atom is -0.370 e. The Morgan fingerprint density at radius 1 is 0.868 bits per heavy atom. The lowest BCUT2D eigenvalue weighted by Crippen LogP contribution is -2.29. The van der Waals surface area contributed by atoms with Gasteiger partial charge in [-0.3, -0.25) is 14.5 Å². The number of rotatable bonds is 7. The Labute approximate surface area is 231 Å². The second-order valence-corrected chi connectivity index (χ2v) is 12.8. The molecule has 38 heavy (non-hydrogen) atoms. The van der Waals surface area contributed by atoms with Gasteiger partial charge in [-0.2, -0.15) is 0 Å². The van der Waals surface area contributed by atoms with Crippen molar-refractivity contribution in [3.05, 3.63) is 71.3 Å². The summed E-state index contributed by atoms with van der Waals surface area (Å²) in [5.74, 6) is -0.506. The molecule has 1 amide bonds. The van der Waals surface area contributed by atoms with Crippen LogP contribution in [-0.2, 0) is 20.9 Å². The van der Waals surface area contributed by atoms with Crippen molar-refractivity contribution in [2.75, 3.05) is 17.8 Å². The zero-order valence-electron chi connectivity index (χ0n) is 22.8. The van der Waals surface area contributed by atoms with Crippen LogP contribution in [0.15, 0.2) is 64.5 Å². The number of aliphatic imine (C=N–C) groups is 1. The van der Waals surface area contributed by atoms with Crippen molar-refractivity contribution < 1.29 is 13.2 Å². The number of amides is 1. The second kappa shape index (κ2) is 11.6. The average Bonchev–Trinajstić information content (AvgIpc) is 2.79. The number of carbonyl (C=O) groups is 1. The molecule has 0 aliphatic heterocycles. The Balaban J connectivity index is 0.00000507. The Kier molecular flexibility index (Phi) is 9.45.